The molecule has 5 aromatic rings. The molecule has 0 saturated carbocycles. The summed E-state index contributed by atoms with van der Waals surface area (Å²) in [7, 11) is 0.707. The van der Waals surface area contributed by atoms with Crippen molar-refractivity contribution in [1.29, 1.82) is 0 Å². The van der Waals surface area contributed by atoms with Crippen molar-refractivity contribution in [3.63, 3.8) is 0 Å². The first kappa shape index (κ1) is 27.9. The van der Waals surface area contributed by atoms with E-state index in [9.17, 15) is 4.79 Å². The van der Waals surface area contributed by atoms with E-state index in [4.69, 9.17) is 21.3 Å². The minimum atomic E-state index is -1.19. The monoisotopic (exact) mass is 574 g/mol. The van der Waals surface area contributed by atoms with Crippen molar-refractivity contribution >= 4 is 36.6 Å². The first-order valence-electron chi connectivity index (χ1n) is 13.4. The summed E-state index contributed by atoms with van der Waals surface area (Å²) in [5.74, 6) is -0.189. The number of amides is 1. The van der Waals surface area contributed by atoms with E-state index in [1.807, 2.05) is 73.7 Å². The van der Waals surface area contributed by atoms with Crippen LogP contribution in [0.1, 0.15) is 29.0 Å². The number of hydrogen-bond acceptors (Lipinski definition) is 4. The molecule has 0 fully saturated rings. The molecular formula is C30H35ClN6O2Si. The summed E-state index contributed by atoms with van der Waals surface area (Å²) < 4.78 is 9.89. The van der Waals surface area contributed by atoms with Gasteiger partial charge in [-0.05, 0) is 42.8 Å². The minimum absolute atomic E-state index is 0.189. The number of ether oxygens (including phenoxy) is 1. The molecule has 4 aromatic heterocycles. The zero-order valence-electron chi connectivity index (χ0n) is 23.5. The number of fused-ring (bicyclic) bond motifs is 1. The van der Waals surface area contributed by atoms with Crippen molar-refractivity contribution in [3.8, 4) is 22.3 Å². The molecule has 0 bridgehead atoms. The van der Waals surface area contributed by atoms with Crippen LogP contribution in [0.2, 0.25) is 30.7 Å². The number of rotatable bonds is 10. The molecule has 0 radical (unpaired) electrons. The first-order valence-corrected chi connectivity index (χ1v) is 17.5. The van der Waals surface area contributed by atoms with Gasteiger partial charge < -0.3 is 19.6 Å². The highest BCUT2D eigenvalue weighted by Gasteiger charge is 2.19. The highest BCUT2D eigenvalue weighted by atomic mass is 35.5. The Hall–Kier alpha value is -3.66. The maximum Gasteiger partial charge on any atom is 0.268 e. The summed E-state index contributed by atoms with van der Waals surface area (Å²) in [6.07, 6.45) is 9.59. The Kier molecular flexibility index (Phi) is 7.98. The van der Waals surface area contributed by atoms with Crippen LogP contribution >= 0.6 is 11.6 Å². The molecule has 0 aliphatic heterocycles. The molecule has 208 valence electrons. The van der Waals surface area contributed by atoms with Gasteiger partial charge in [-0.1, -0.05) is 43.4 Å². The van der Waals surface area contributed by atoms with Crippen LogP contribution in [0.3, 0.4) is 0 Å². The predicted molar refractivity (Wildman–Crippen MR) is 163 cm³/mol. The lowest BCUT2D eigenvalue weighted by Gasteiger charge is -2.15. The van der Waals surface area contributed by atoms with E-state index in [1.54, 1.807) is 4.68 Å². The van der Waals surface area contributed by atoms with Gasteiger partial charge in [0.15, 0.2) is 0 Å². The number of H-pyrrole nitrogens is 1. The van der Waals surface area contributed by atoms with Gasteiger partial charge in [-0.2, -0.15) is 5.10 Å². The molecule has 2 N–H and O–H groups in total. The van der Waals surface area contributed by atoms with Gasteiger partial charge >= 0.3 is 0 Å². The van der Waals surface area contributed by atoms with Crippen LogP contribution in [-0.4, -0.2) is 44.9 Å². The number of aromatic amines is 1. The van der Waals surface area contributed by atoms with Crippen LogP contribution in [0.15, 0.2) is 67.4 Å². The Balaban J connectivity index is 1.43. The summed E-state index contributed by atoms with van der Waals surface area (Å²) in [4.78, 5) is 21.1. The SMILES string of the molecule is C[C@@H](NC(=O)c1cc(-c2cn(COCC[Si](C)(C)C)c3ncc(-c4cnn(C)c4)cc23)c[nH]1)c1cccc(Cl)c1. The van der Waals surface area contributed by atoms with Gasteiger partial charge in [-0.15, -0.1) is 0 Å². The molecule has 0 saturated heterocycles. The minimum Gasteiger partial charge on any atom is -0.361 e. The first-order chi connectivity index (χ1) is 19.1. The molecule has 1 atom stereocenters. The number of pyridine rings is 1. The second kappa shape index (κ2) is 11.4. The van der Waals surface area contributed by atoms with Gasteiger partial charge in [0.25, 0.3) is 5.91 Å². The summed E-state index contributed by atoms with van der Waals surface area (Å²) in [6.45, 7) is 10.1. The lowest BCUT2D eigenvalue weighted by molar-refractivity contribution is 0.0899. The second-order valence-corrected chi connectivity index (χ2v) is 17.5. The highest BCUT2D eigenvalue weighted by molar-refractivity contribution is 6.76. The number of halogens is 1. The normalized spacial score (nSPS) is 12.7. The number of hydrogen-bond donors (Lipinski definition) is 2. The summed E-state index contributed by atoms with van der Waals surface area (Å²) in [5, 5.41) is 8.99. The molecular weight excluding hydrogens is 540 g/mol. The number of carbonyl (C=O) groups excluding carboxylic acids is 1. The predicted octanol–water partition coefficient (Wildman–Crippen LogP) is 6.89. The number of nitrogens with zero attached hydrogens (tertiary/aromatic N) is 4. The Labute approximate surface area is 240 Å². The average Bonchev–Trinajstić information content (AvgIpc) is 3.64. The molecule has 0 aliphatic carbocycles. The molecule has 4 heterocycles. The highest BCUT2D eigenvalue weighted by Crippen LogP contribution is 2.33. The molecule has 40 heavy (non-hydrogen) atoms. The van der Waals surface area contributed by atoms with Gasteiger partial charge in [0.1, 0.15) is 18.1 Å². The lowest BCUT2D eigenvalue weighted by Crippen LogP contribution is -2.26. The van der Waals surface area contributed by atoms with E-state index in [0.717, 1.165) is 51.5 Å². The van der Waals surface area contributed by atoms with Crippen molar-refractivity contribution in [2.24, 2.45) is 7.05 Å². The topological polar surface area (TPSA) is 89.8 Å². The maximum absolute atomic E-state index is 13.1. The van der Waals surface area contributed by atoms with Gasteiger partial charge in [-0.3, -0.25) is 9.48 Å². The van der Waals surface area contributed by atoms with Crippen LogP contribution in [0.4, 0.5) is 0 Å². The molecule has 0 spiro atoms. The molecule has 1 amide bonds. The fourth-order valence-corrected chi connectivity index (χ4v) is 5.54. The van der Waals surface area contributed by atoms with E-state index in [0.29, 0.717) is 17.4 Å². The average molecular weight is 575 g/mol. The zero-order chi connectivity index (χ0) is 28.4. The van der Waals surface area contributed by atoms with Gasteiger partial charge in [0.2, 0.25) is 0 Å². The van der Waals surface area contributed by atoms with Crippen molar-refractivity contribution in [1.82, 2.24) is 29.6 Å². The third kappa shape index (κ3) is 6.38. The lowest BCUT2D eigenvalue weighted by atomic mass is 10.1. The smallest absolute Gasteiger partial charge is 0.268 e. The number of benzene rings is 1. The van der Waals surface area contributed by atoms with Crippen LogP contribution < -0.4 is 5.32 Å². The molecule has 1 aromatic carbocycles. The van der Waals surface area contributed by atoms with Crippen LogP contribution in [0.25, 0.3) is 33.3 Å². The van der Waals surface area contributed by atoms with Gasteiger partial charge in [0, 0.05) is 79.2 Å². The Bertz CT molecular complexity index is 1650. The van der Waals surface area contributed by atoms with E-state index < -0.39 is 8.07 Å². The zero-order valence-corrected chi connectivity index (χ0v) is 25.3. The largest absolute Gasteiger partial charge is 0.361 e. The fourth-order valence-electron chi connectivity index (χ4n) is 4.58. The number of aryl methyl sites for hydroxylation is 1. The van der Waals surface area contributed by atoms with E-state index in [2.05, 4.69) is 47.3 Å². The standard InChI is InChI=1S/C30H35ClN6O2Si/c1-20(21-7-6-8-25(31)11-21)35-30(38)28-13-23(15-32-28)27-18-37(19-39-9-10-40(3,4)5)29-26(27)12-22(14-33-29)24-16-34-36(2)17-24/h6-8,11-18,20,32H,9-10,19H2,1-5H3,(H,35,38)/t20-/m1/s1. The van der Waals surface area contributed by atoms with E-state index in [1.165, 1.54) is 0 Å². The molecule has 0 aliphatic rings. The molecule has 8 nitrogen and oxygen atoms in total. The summed E-state index contributed by atoms with van der Waals surface area (Å²) in [6, 6.07) is 12.4. The van der Waals surface area contributed by atoms with Crippen LogP contribution in [-0.2, 0) is 18.5 Å². The number of carbonyl (C=O) groups is 1. The summed E-state index contributed by atoms with van der Waals surface area (Å²) in [5.41, 5.74) is 6.09. The Morgan fingerprint density at radius 3 is 2.67 bits per heavy atom. The van der Waals surface area contributed by atoms with Gasteiger partial charge in [0.05, 0.1) is 12.2 Å². The van der Waals surface area contributed by atoms with Crippen LogP contribution in [0.5, 0.6) is 0 Å². The fraction of sp³-hybridized carbons (Fsp3) is 0.300. The van der Waals surface area contributed by atoms with Crippen molar-refractivity contribution in [2.45, 2.75) is 45.4 Å². The third-order valence-corrected chi connectivity index (χ3v) is 8.85. The maximum atomic E-state index is 13.1. The molecule has 0 unspecified atom stereocenters. The molecule has 10 heteroatoms. The number of nitrogens with one attached hydrogen (secondary N) is 2. The second-order valence-electron chi connectivity index (χ2n) is 11.4. The Morgan fingerprint density at radius 1 is 1.12 bits per heavy atom. The van der Waals surface area contributed by atoms with Crippen molar-refractivity contribution in [3.05, 3.63) is 83.7 Å². The van der Waals surface area contributed by atoms with Gasteiger partial charge in [-0.25, -0.2) is 4.98 Å². The van der Waals surface area contributed by atoms with Crippen molar-refractivity contribution < 1.29 is 9.53 Å². The molecule has 5 rings (SSSR count). The van der Waals surface area contributed by atoms with Crippen molar-refractivity contribution in [2.75, 3.05) is 6.61 Å². The Morgan fingerprint density at radius 2 is 1.95 bits per heavy atom. The quantitative estimate of drug-likeness (QED) is 0.140. The van der Waals surface area contributed by atoms with Crippen LogP contribution in [0, 0.1) is 0 Å². The number of aromatic nitrogens is 5. The summed E-state index contributed by atoms with van der Waals surface area (Å²) >= 11 is 6.14. The van der Waals surface area contributed by atoms with E-state index >= 15 is 0 Å². The third-order valence-electron chi connectivity index (χ3n) is 6.91. The van der Waals surface area contributed by atoms with E-state index in [-0.39, 0.29) is 11.9 Å².